The van der Waals surface area contributed by atoms with Crippen molar-refractivity contribution in [3.63, 3.8) is 0 Å². The first-order chi connectivity index (χ1) is 6.87. The number of halogens is 7. The van der Waals surface area contributed by atoms with Crippen molar-refractivity contribution in [2.24, 2.45) is 5.73 Å². The molecule has 98 valence electrons. The number of hydrogen-bond donors (Lipinski definition) is 1. The molecule has 2 unspecified atom stereocenters. The van der Waals surface area contributed by atoms with Crippen LogP contribution in [0.3, 0.4) is 0 Å². The van der Waals surface area contributed by atoms with Gasteiger partial charge in [-0.25, -0.2) is 9.13 Å². The molecule has 0 heterocycles. The predicted molar refractivity (Wildman–Crippen MR) is 39.9 cm³/mol. The zero-order valence-electron chi connectivity index (χ0n) is 8.12. The van der Waals surface area contributed by atoms with E-state index in [2.05, 4.69) is 4.74 Å². The normalized spacial score (nSPS) is 19.3. The van der Waals surface area contributed by atoms with Crippen molar-refractivity contribution in [1.29, 1.82) is 0 Å². The van der Waals surface area contributed by atoms with E-state index in [4.69, 9.17) is 5.73 Å². The summed E-state index contributed by atoms with van der Waals surface area (Å²) in [4.78, 5) is 0. The molecule has 0 fully saturated rings. The van der Waals surface area contributed by atoms with Gasteiger partial charge in [-0.05, 0) is 13.3 Å². The fourth-order valence-corrected chi connectivity index (χ4v) is 0.847. The van der Waals surface area contributed by atoms with Crippen LogP contribution in [-0.4, -0.2) is 24.4 Å². The second-order valence-electron chi connectivity index (χ2n) is 3.29. The van der Waals surface area contributed by atoms with Crippen LogP contribution >= 0.6 is 0 Å². The summed E-state index contributed by atoms with van der Waals surface area (Å²) in [6.07, 6.45) is -13.6. The maximum Gasteiger partial charge on any atom is 0.525 e. The summed E-state index contributed by atoms with van der Waals surface area (Å²) >= 11 is 0. The lowest BCUT2D eigenvalue weighted by Gasteiger charge is -2.28. The van der Waals surface area contributed by atoms with Crippen LogP contribution < -0.4 is 5.73 Å². The quantitative estimate of drug-likeness (QED) is 0.786. The molecule has 0 aromatic carbocycles. The molecule has 0 spiro atoms. The largest absolute Gasteiger partial charge is 0.525 e. The Kier molecular flexibility index (Phi) is 4.57. The molecular weight excluding hydrogens is 247 g/mol. The van der Waals surface area contributed by atoms with Gasteiger partial charge in [0.25, 0.3) is 0 Å². The van der Waals surface area contributed by atoms with Crippen molar-refractivity contribution in [1.82, 2.24) is 0 Å². The highest BCUT2D eigenvalue weighted by molar-refractivity contribution is 4.79. The Bertz CT molecular complexity index is 224. The van der Waals surface area contributed by atoms with E-state index in [9.17, 15) is 30.7 Å². The van der Waals surface area contributed by atoms with Crippen LogP contribution in [0.1, 0.15) is 19.8 Å². The van der Waals surface area contributed by atoms with Gasteiger partial charge in [-0.2, -0.15) is 13.2 Å². The second-order valence-corrected chi connectivity index (χ2v) is 3.29. The van der Waals surface area contributed by atoms with Crippen LogP contribution in [0.2, 0.25) is 0 Å². The van der Waals surface area contributed by atoms with Gasteiger partial charge in [-0.1, -0.05) is 0 Å². The van der Waals surface area contributed by atoms with Gasteiger partial charge in [0.15, 0.2) is 0 Å². The molecule has 0 rings (SSSR count). The number of nitrogens with two attached hydrogens (primary N) is 1. The maximum absolute atomic E-state index is 13.0. The summed E-state index contributed by atoms with van der Waals surface area (Å²) in [5.74, 6) is -4.75. The van der Waals surface area contributed by atoms with Crippen molar-refractivity contribution in [3.05, 3.63) is 0 Å². The van der Waals surface area contributed by atoms with Crippen LogP contribution in [0.5, 0.6) is 0 Å². The SMILES string of the molecule is CC(N)CCC(F)(OC(F)(F)F)C(F)(F)F. The Morgan fingerprint density at radius 2 is 1.50 bits per heavy atom. The summed E-state index contributed by atoms with van der Waals surface area (Å²) in [6, 6.07) is -0.866. The average Bonchev–Trinajstić information content (AvgIpc) is 1.95. The summed E-state index contributed by atoms with van der Waals surface area (Å²) in [7, 11) is 0. The molecule has 0 aromatic rings. The lowest BCUT2D eigenvalue weighted by atomic mass is 10.1. The molecule has 0 aliphatic rings. The molecule has 0 amide bonds. The molecule has 0 aromatic heterocycles. The van der Waals surface area contributed by atoms with Gasteiger partial charge < -0.3 is 5.73 Å². The van der Waals surface area contributed by atoms with E-state index in [1.165, 1.54) is 6.92 Å². The van der Waals surface area contributed by atoms with Gasteiger partial charge in [-0.3, -0.25) is 0 Å². The van der Waals surface area contributed by atoms with Gasteiger partial charge in [-0.15, -0.1) is 13.2 Å². The van der Waals surface area contributed by atoms with E-state index in [0.717, 1.165) is 0 Å². The van der Waals surface area contributed by atoms with Gasteiger partial charge in [0, 0.05) is 12.5 Å². The maximum atomic E-state index is 13.0. The predicted octanol–water partition coefficient (Wildman–Crippen LogP) is 2.88. The second kappa shape index (κ2) is 4.74. The van der Waals surface area contributed by atoms with Crippen LogP contribution in [0, 0.1) is 0 Å². The highest BCUT2D eigenvalue weighted by atomic mass is 19.4. The number of ether oxygens (including phenoxy) is 1. The van der Waals surface area contributed by atoms with E-state index < -0.39 is 37.3 Å². The lowest BCUT2D eigenvalue weighted by molar-refractivity contribution is -0.449. The molecule has 2 nitrogen and oxygen atoms in total. The summed E-state index contributed by atoms with van der Waals surface area (Å²) in [5, 5.41) is 0. The molecule has 16 heavy (non-hydrogen) atoms. The Morgan fingerprint density at radius 1 is 1.06 bits per heavy atom. The van der Waals surface area contributed by atoms with E-state index in [-0.39, 0.29) is 0 Å². The molecule has 0 saturated heterocycles. The summed E-state index contributed by atoms with van der Waals surface area (Å²) in [6.45, 7) is 1.24. The van der Waals surface area contributed by atoms with Gasteiger partial charge in [0.2, 0.25) is 0 Å². The van der Waals surface area contributed by atoms with Crippen molar-refractivity contribution < 1.29 is 35.5 Å². The molecule has 9 heteroatoms. The molecule has 2 atom stereocenters. The van der Waals surface area contributed by atoms with Gasteiger partial charge >= 0.3 is 18.4 Å². The third-order valence-corrected chi connectivity index (χ3v) is 1.62. The Balaban J connectivity index is 4.77. The summed E-state index contributed by atoms with van der Waals surface area (Å²) in [5.41, 5.74) is 5.04. The van der Waals surface area contributed by atoms with Gasteiger partial charge in [0.05, 0.1) is 0 Å². The third-order valence-electron chi connectivity index (χ3n) is 1.62. The third kappa shape index (κ3) is 4.97. The van der Waals surface area contributed by atoms with E-state index in [1.807, 2.05) is 0 Å². The van der Waals surface area contributed by atoms with Crippen molar-refractivity contribution in [3.8, 4) is 0 Å². The van der Waals surface area contributed by atoms with E-state index in [1.54, 1.807) is 0 Å². The molecule has 0 bridgehead atoms. The van der Waals surface area contributed by atoms with Crippen molar-refractivity contribution in [2.75, 3.05) is 0 Å². The zero-order valence-corrected chi connectivity index (χ0v) is 8.12. The van der Waals surface area contributed by atoms with Crippen LogP contribution in [-0.2, 0) is 4.74 Å². The minimum absolute atomic E-state index is 0.591. The minimum atomic E-state index is -5.77. The Morgan fingerprint density at radius 3 is 1.75 bits per heavy atom. The number of alkyl halides is 7. The molecular formula is C7H10F7NO. The Labute approximate surface area is 86.5 Å². The van der Waals surface area contributed by atoms with Crippen LogP contribution in [0.25, 0.3) is 0 Å². The topological polar surface area (TPSA) is 35.2 Å². The molecule has 0 aliphatic heterocycles. The lowest BCUT2D eigenvalue weighted by Crippen LogP contribution is -2.47. The van der Waals surface area contributed by atoms with Crippen LogP contribution in [0.4, 0.5) is 30.7 Å². The standard InChI is InChI=1S/C7H10F7NO/c1-4(15)2-3-5(8,6(9,10)11)16-7(12,13)14/h4H,2-3,15H2,1H3. The monoisotopic (exact) mass is 257 g/mol. The Hall–Kier alpha value is -0.570. The molecule has 0 aliphatic carbocycles. The van der Waals surface area contributed by atoms with Crippen molar-refractivity contribution >= 4 is 0 Å². The minimum Gasteiger partial charge on any atom is -0.328 e. The first-order valence-electron chi connectivity index (χ1n) is 4.15. The van der Waals surface area contributed by atoms with Crippen molar-refractivity contribution in [2.45, 2.75) is 44.2 Å². The molecule has 2 N–H and O–H groups in total. The van der Waals surface area contributed by atoms with E-state index >= 15 is 0 Å². The first-order valence-corrected chi connectivity index (χ1v) is 4.15. The van der Waals surface area contributed by atoms with Crippen LogP contribution in [0.15, 0.2) is 0 Å². The highest BCUT2D eigenvalue weighted by Gasteiger charge is 2.62. The van der Waals surface area contributed by atoms with Gasteiger partial charge in [0.1, 0.15) is 0 Å². The smallest absolute Gasteiger partial charge is 0.328 e. The number of hydrogen-bond acceptors (Lipinski definition) is 2. The summed E-state index contributed by atoms with van der Waals surface area (Å²) < 4.78 is 86.5. The fraction of sp³-hybridized carbons (Fsp3) is 1.00. The highest BCUT2D eigenvalue weighted by Crippen LogP contribution is 2.42. The fourth-order valence-electron chi connectivity index (χ4n) is 0.847. The zero-order chi connectivity index (χ0) is 13.2. The molecule has 0 radical (unpaired) electrons. The average molecular weight is 257 g/mol. The van der Waals surface area contributed by atoms with E-state index in [0.29, 0.717) is 0 Å². The molecule has 0 saturated carbocycles. The number of rotatable bonds is 4. The first kappa shape index (κ1) is 15.4.